The second-order valence-electron chi connectivity index (χ2n) is 6.99. The summed E-state index contributed by atoms with van der Waals surface area (Å²) in [5.41, 5.74) is 2.69. The van der Waals surface area contributed by atoms with Crippen LogP contribution < -0.4 is 5.32 Å². The predicted molar refractivity (Wildman–Crippen MR) is 116 cm³/mol. The number of thioether (sulfide) groups is 1. The average molecular weight is 414 g/mol. The zero-order chi connectivity index (χ0) is 21.0. The fraction of sp³-hybridized carbons (Fsp3) is 0.318. The number of anilines is 1. The molecule has 152 valence electrons. The molecule has 29 heavy (non-hydrogen) atoms. The summed E-state index contributed by atoms with van der Waals surface area (Å²) < 4.78 is 13.9. The Balaban J connectivity index is 1.76. The normalized spacial score (nSPS) is 17.8. The molecular weight excluding hydrogens is 389 g/mol. The van der Waals surface area contributed by atoms with Gasteiger partial charge in [-0.2, -0.15) is 0 Å². The molecule has 7 heteroatoms. The van der Waals surface area contributed by atoms with Gasteiger partial charge in [-0.05, 0) is 49.6 Å². The molecule has 1 fully saturated rings. The van der Waals surface area contributed by atoms with Crippen LogP contribution in [-0.2, 0) is 9.59 Å². The number of aryl methyl sites for hydroxylation is 2. The summed E-state index contributed by atoms with van der Waals surface area (Å²) in [6.07, 6.45) is 0.815. The molecule has 0 spiro atoms. The molecule has 1 aliphatic heterocycles. The van der Waals surface area contributed by atoms with Crippen molar-refractivity contribution in [3.05, 3.63) is 59.4 Å². The minimum atomic E-state index is -0.542. The molecule has 1 N–H and O–H groups in total. The second-order valence-corrected chi connectivity index (χ2v) is 8.16. The Labute approximate surface area is 174 Å². The van der Waals surface area contributed by atoms with E-state index in [1.807, 2.05) is 38.1 Å². The van der Waals surface area contributed by atoms with Crippen LogP contribution in [0, 0.1) is 19.7 Å². The van der Waals surface area contributed by atoms with Gasteiger partial charge in [0.25, 0.3) is 0 Å². The molecule has 3 rings (SSSR count). The zero-order valence-electron chi connectivity index (χ0n) is 16.7. The van der Waals surface area contributed by atoms with Gasteiger partial charge in [0.05, 0.1) is 5.69 Å². The van der Waals surface area contributed by atoms with Gasteiger partial charge in [-0.3, -0.25) is 14.5 Å². The number of carbonyl (C=O) groups excluding carboxylic acids is 2. The van der Waals surface area contributed by atoms with Gasteiger partial charge in [0, 0.05) is 18.7 Å². The number of hydrogen-bond donors (Lipinski definition) is 1. The van der Waals surface area contributed by atoms with Crippen LogP contribution in [0.2, 0.25) is 0 Å². The Kier molecular flexibility index (Phi) is 6.69. The molecule has 0 aromatic heterocycles. The van der Waals surface area contributed by atoms with E-state index < -0.39 is 5.25 Å². The zero-order valence-corrected chi connectivity index (χ0v) is 17.6. The summed E-state index contributed by atoms with van der Waals surface area (Å²) in [4.78, 5) is 31.4. The van der Waals surface area contributed by atoms with E-state index >= 15 is 0 Å². The van der Waals surface area contributed by atoms with Crippen molar-refractivity contribution in [2.45, 2.75) is 38.9 Å². The minimum absolute atomic E-state index is 0.0549. The number of aliphatic imine (C=N–C) groups is 1. The summed E-state index contributed by atoms with van der Waals surface area (Å²) in [7, 11) is 0. The maximum absolute atomic E-state index is 13.9. The Morgan fingerprint density at radius 1 is 1.21 bits per heavy atom. The van der Waals surface area contributed by atoms with Crippen LogP contribution in [0.3, 0.4) is 0 Å². The highest BCUT2D eigenvalue weighted by Crippen LogP contribution is 2.32. The van der Waals surface area contributed by atoms with Crippen molar-refractivity contribution in [3.8, 4) is 0 Å². The van der Waals surface area contributed by atoms with Crippen LogP contribution in [0.15, 0.2) is 47.5 Å². The molecule has 0 aliphatic carbocycles. The third-order valence-corrected chi connectivity index (χ3v) is 5.81. The Hall–Kier alpha value is -2.67. The maximum Gasteiger partial charge on any atom is 0.242 e. The highest BCUT2D eigenvalue weighted by Gasteiger charge is 2.38. The van der Waals surface area contributed by atoms with Gasteiger partial charge in [-0.15, -0.1) is 0 Å². The molecule has 2 aromatic rings. The van der Waals surface area contributed by atoms with E-state index in [-0.39, 0.29) is 24.1 Å². The van der Waals surface area contributed by atoms with Crippen molar-refractivity contribution < 1.29 is 14.0 Å². The standard InChI is InChI=1S/C22H24FN3O2S/c1-4-11-26-21(28)19(13-20(27)25-18-8-6-5-7-15(18)3)29-22(26)24-16-10-9-14(2)17(23)12-16/h5-10,12,19H,4,11,13H2,1-3H3,(H,25,27)/t19-/m0/s1. The number of benzene rings is 2. The lowest BCUT2D eigenvalue weighted by Gasteiger charge is -2.15. The SMILES string of the molecule is CCCN1C(=O)[C@H](CC(=O)Nc2ccccc2C)SC1=Nc1ccc(C)c(F)c1. The Morgan fingerprint density at radius 3 is 2.66 bits per heavy atom. The first-order chi connectivity index (χ1) is 13.9. The second kappa shape index (κ2) is 9.22. The number of halogens is 1. The van der Waals surface area contributed by atoms with Crippen LogP contribution in [0.25, 0.3) is 0 Å². The van der Waals surface area contributed by atoms with Crippen molar-refractivity contribution in [2.75, 3.05) is 11.9 Å². The minimum Gasteiger partial charge on any atom is -0.326 e. The fourth-order valence-electron chi connectivity index (χ4n) is 3.00. The van der Waals surface area contributed by atoms with Crippen LogP contribution in [0.4, 0.5) is 15.8 Å². The summed E-state index contributed by atoms with van der Waals surface area (Å²) in [6, 6.07) is 12.2. The smallest absolute Gasteiger partial charge is 0.242 e. The molecule has 1 heterocycles. The lowest BCUT2D eigenvalue weighted by Crippen LogP contribution is -2.34. The quantitative estimate of drug-likeness (QED) is 0.739. The third kappa shape index (κ3) is 5.03. The number of para-hydroxylation sites is 1. The summed E-state index contributed by atoms with van der Waals surface area (Å²) in [6.45, 7) is 6.08. The molecule has 0 radical (unpaired) electrons. The number of nitrogens with one attached hydrogen (secondary N) is 1. The van der Waals surface area contributed by atoms with E-state index in [1.165, 1.54) is 17.8 Å². The van der Waals surface area contributed by atoms with Crippen LogP contribution in [-0.4, -0.2) is 33.7 Å². The largest absolute Gasteiger partial charge is 0.326 e. The van der Waals surface area contributed by atoms with E-state index in [0.717, 1.165) is 17.7 Å². The molecule has 1 aliphatic rings. The number of rotatable bonds is 6. The van der Waals surface area contributed by atoms with Crippen LogP contribution in [0.5, 0.6) is 0 Å². The molecule has 1 saturated heterocycles. The molecule has 0 unspecified atom stereocenters. The Morgan fingerprint density at radius 2 is 1.97 bits per heavy atom. The first kappa shape index (κ1) is 21.0. The highest BCUT2D eigenvalue weighted by molar-refractivity contribution is 8.15. The van der Waals surface area contributed by atoms with Gasteiger partial charge >= 0.3 is 0 Å². The van der Waals surface area contributed by atoms with Crippen molar-refractivity contribution >= 4 is 40.1 Å². The van der Waals surface area contributed by atoms with E-state index in [2.05, 4.69) is 10.3 Å². The van der Waals surface area contributed by atoms with Crippen molar-refractivity contribution in [1.82, 2.24) is 4.90 Å². The highest BCUT2D eigenvalue weighted by atomic mass is 32.2. The predicted octanol–water partition coefficient (Wildman–Crippen LogP) is 4.81. The molecule has 0 bridgehead atoms. The number of nitrogens with zero attached hydrogens (tertiary/aromatic N) is 2. The molecule has 5 nitrogen and oxygen atoms in total. The van der Waals surface area contributed by atoms with Crippen molar-refractivity contribution in [3.63, 3.8) is 0 Å². The van der Waals surface area contributed by atoms with Gasteiger partial charge in [-0.25, -0.2) is 9.38 Å². The molecule has 2 aromatic carbocycles. The molecular formula is C22H24FN3O2S. The van der Waals surface area contributed by atoms with E-state index in [0.29, 0.717) is 23.0 Å². The van der Waals surface area contributed by atoms with Gasteiger partial charge in [0.1, 0.15) is 11.1 Å². The number of hydrogen-bond acceptors (Lipinski definition) is 4. The van der Waals surface area contributed by atoms with Gasteiger partial charge in [-0.1, -0.05) is 43.0 Å². The monoisotopic (exact) mass is 413 g/mol. The summed E-state index contributed by atoms with van der Waals surface area (Å²) in [5.74, 6) is -0.690. The lowest BCUT2D eigenvalue weighted by atomic mass is 10.2. The average Bonchev–Trinajstić information content (AvgIpc) is 2.95. The van der Waals surface area contributed by atoms with Crippen LogP contribution >= 0.6 is 11.8 Å². The number of amidine groups is 1. The van der Waals surface area contributed by atoms with Gasteiger partial charge in [0.2, 0.25) is 11.8 Å². The first-order valence-electron chi connectivity index (χ1n) is 9.57. The summed E-state index contributed by atoms with van der Waals surface area (Å²) in [5, 5.41) is 2.84. The topological polar surface area (TPSA) is 61.8 Å². The van der Waals surface area contributed by atoms with Gasteiger partial charge < -0.3 is 5.32 Å². The summed E-state index contributed by atoms with van der Waals surface area (Å²) >= 11 is 1.26. The molecule has 1 atom stereocenters. The molecule has 0 saturated carbocycles. The third-order valence-electron chi connectivity index (χ3n) is 4.64. The van der Waals surface area contributed by atoms with Crippen molar-refractivity contribution in [1.29, 1.82) is 0 Å². The van der Waals surface area contributed by atoms with Gasteiger partial charge in [0.15, 0.2) is 5.17 Å². The van der Waals surface area contributed by atoms with E-state index in [1.54, 1.807) is 24.0 Å². The fourth-order valence-corrected chi connectivity index (χ4v) is 4.18. The van der Waals surface area contributed by atoms with E-state index in [9.17, 15) is 14.0 Å². The maximum atomic E-state index is 13.9. The number of amides is 2. The first-order valence-corrected chi connectivity index (χ1v) is 10.5. The Bertz CT molecular complexity index is 961. The van der Waals surface area contributed by atoms with Crippen LogP contribution in [0.1, 0.15) is 30.9 Å². The van der Waals surface area contributed by atoms with E-state index in [4.69, 9.17) is 0 Å². The number of carbonyl (C=O) groups is 2. The van der Waals surface area contributed by atoms with Crippen molar-refractivity contribution in [2.24, 2.45) is 4.99 Å². The molecule has 2 amide bonds. The lowest BCUT2D eigenvalue weighted by molar-refractivity contribution is -0.128.